The highest BCUT2D eigenvalue weighted by Crippen LogP contribution is 2.23. The summed E-state index contributed by atoms with van der Waals surface area (Å²) < 4.78 is 9.91. The van der Waals surface area contributed by atoms with Crippen LogP contribution in [0.2, 0.25) is 0 Å². The van der Waals surface area contributed by atoms with Gasteiger partial charge in [-0.25, -0.2) is 9.59 Å². The monoisotopic (exact) mass is 296 g/mol. The zero-order valence-corrected chi connectivity index (χ0v) is 12.4. The van der Waals surface area contributed by atoms with Crippen molar-refractivity contribution in [3.63, 3.8) is 0 Å². The largest absolute Gasteiger partial charge is 0.462 e. The molecule has 0 spiro atoms. The number of nitriles is 1. The molecule has 0 aromatic carbocycles. The van der Waals surface area contributed by atoms with E-state index in [1.165, 1.54) is 0 Å². The van der Waals surface area contributed by atoms with Crippen LogP contribution in [0.25, 0.3) is 0 Å². The predicted molar refractivity (Wildman–Crippen MR) is 74.4 cm³/mol. The van der Waals surface area contributed by atoms with Crippen molar-refractivity contribution in [1.29, 1.82) is 5.26 Å². The molecule has 0 amide bonds. The van der Waals surface area contributed by atoms with Crippen molar-refractivity contribution in [3.05, 3.63) is 22.5 Å². The van der Waals surface area contributed by atoms with Crippen molar-refractivity contribution < 1.29 is 19.1 Å². The summed E-state index contributed by atoms with van der Waals surface area (Å²) in [6, 6.07) is 0. The third-order valence-electron chi connectivity index (χ3n) is 2.57. The number of nitrogens with one attached hydrogen (secondary N) is 1. The summed E-state index contributed by atoms with van der Waals surface area (Å²) in [6.45, 7) is 5.54. The molecule has 0 unspecified atom stereocenters. The number of esters is 2. The van der Waals surface area contributed by atoms with Crippen LogP contribution in [0.1, 0.15) is 46.0 Å². The van der Waals surface area contributed by atoms with E-state index in [0.717, 1.165) is 11.8 Å². The number of hydrogen-bond acceptors (Lipinski definition) is 6. The van der Waals surface area contributed by atoms with Gasteiger partial charge in [0.2, 0.25) is 0 Å². The fourth-order valence-electron chi connectivity index (χ4n) is 1.76. The summed E-state index contributed by atoms with van der Waals surface area (Å²) in [5.41, 5.74) is 1.51. The number of carbonyl (C=O) groups is 2. The van der Waals surface area contributed by atoms with Gasteiger partial charge in [0.25, 0.3) is 0 Å². The molecule has 1 N–H and O–H groups in total. The molecule has 0 saturated carbocycles. The average Bonchev–Trinajstić information content (AvgIpc) is 2.74. The molecule has 0 fully saturated rings. The summed E-state index contributed by atoms with van der Waals surface area (Å²) in [5, 5.41) is 10.5. The van der Waals surface area contributed by atoms with E-state index < -0.39 is 11.9 Å². The van der Waals surface area contributed by atoms with Crippen molar-refractivity contribution in [2.45, 2.75) is 26.5 Å². The Labute approximate surface area is 121 Å². The topological polar surface area (TPSA) is 92.2 Å². The number of thioether (sulfide) groups is 1. The van der Waals surface area contributed by atoms with Gasteiger partial charge in [-0.1, -0.05) is 0 Å². The second-order valence-corrected chi connectivity index (χ2v) is 4.56. The number of rotatable bonds is 6. The van der Waals surface area contributed by atoms with Gasteiger partial charge in [-0.3, -0.25) is 0 Å². The maximum absolute atomic E-state index is 12.0. The summed E-state index contributed by atoms with van der Waals surface area (Å²) >= 11 is 0.972. The standard InChI is InChI=1S/C13H16N2O4S/c1-4-18-12(16)10-8(3)11(13(17)19-5-2)15-9(10)6-20-7-14/h15H,4-6H2,1-3H3. The molecule has 0 saturated heterocycles. The fraction of sp³-hybridized carbons (Fsp3) is 0.462. The molecule has 0 aliphatic heterocycles. The lowest BCUT2D eigenvalue weighted by atomic mass is 10.1. The van der Waals surface area contributed by atoms with E-state index in [1.807, 2.05) is 5.40 Å². The van der Waals surface area contributed by atoms with Crippen molar-refractivity contribution in [3.8, 4) is 5.40 Å². The molecular weight excluding hydrogens is 280 g/mol. The lowest BCUT2D eigenvalue weighted by molar-refractivity contribution is 0.0518. The van der Waals surface area contributed by atoms with Gasteiger partial charge in [-0.2, -0.15) is 5.26 Å². The molecule has 20 heavy (non-hydrogen) atoms. The Morgan fingerprint density at radius 1 is 1.25 bits per heavy atom. The first-order valence-corrected chi connectivity index (χ1v) is 7.11. The Balaban J connectivity index is 3.20. The normalized spacial score (nSPS) is 9.90. The van der Waals surface area contributed by atoms with E-state index in [4.69, 9.17) is 14.7 Å². The van der Waals surface area contributed by atoms with Gasteiger partial charge < -0.3 is 14.5 Å². The van der Waals surface area contributed by atoms with E-state index in [2.05, 4.69) is 4.98 Å². The Bertz CT molecular complexity index is 545. The minimum absolute atomic E-state index is 0.225. The average molecular weight is 296 g/mol. The third kappa shape index (κ3) is 3.54. The zero-order valence-electron chi connectivity index (χ0n) is 11.6. The van der Waals surface area contributed by atoms with Gasteiger partial charge in [0.1, 0.15) is 11.1 Å². The van der Waals surface area contributed by atoms with Crippen LogP contribution in [0, 0.1) is 17.6 Å². The molecule has 0 aliphatic carbocycles. The highest BCUT2D eigenvalue weighted by Gasteiger charge is 2.25. The molecule has 1 aromatic rings. The highest BCUT2D eigenvalue weighted by molar-refractivity contribution is 8.02. The second-order valence-electron chi connectivity index (χ2n) is 3.80. The quantitative estimate of drug-likeness (QED) is 0.640. The smallest absolute Gasteiger partial charge is 0.355 e. The Hall–Kier alpha value is -1.94. The number of ether oxygens (including phenoxy) is 2. The number of H-pyrrole nitrogens is 1. The molecule has 1 aromatic heterocycles. The van der Waals surface area contributed by atoms with Gasteiger partial charge in [-0.15, -0.1) is 0 Å². The van der Waals surface area contributed by atoms with Crippen LogP contribution in [0.15, 0.2) is 0 Å². The molecule has 1 rings (SSSR count). The number of thiocyanates is 1. The van der Waals surface area contributed by atoms with E-state index in [1.54, 1.807) is 20.8 Å². The van der Waals surface area contributed by atoms with Crippen LogP contribution < -0.4 is 0 Å². The summed E-state index contributed by atoms with van der Waals surface area (Å²) in [4.78, 5) is 26.6. The van der Waals surface area contributed by atoms with E-state index in [0.29, 0.717) is 16.8 Å². The van der Waals surface area contributed by atoms with Crippen LogP contribution in [0.3, 0.4) is 0 Å². The Morgan fingerprint density at radius 3 is 2.40 bits per heavy atom. The van der Waals surface area contributed by atoms with Gasteiger partial charge in [0.15, 0.2) is 0 Å². The summed E-state index contributed by atoms with van der Waals surface area (Å²) in [7, 11) is 0. The van der Waals surface area contributed by atoms with Crippen LogP contribution in [-0.4, -0.2) is 30.1 Å². The number of nitrogens with zero attached hydrogens (tertiary/aromatic N) is 1. The number of aromatic nitrogens is 1. The molecule has 108 valence electrons. The second kappa shape index (κ2) is 7.60. The van der Waals surface area contributed by atoms with Crippen LogP contribution >= 0.6 is 11.8 Å². The zero-order chi connectivity index (χ0) is 15.1. The minimum atomic E-state index is -0.524. The maximum atomic E-state index is 12.0. The van der Waals surface area contributed by atoms with Crippen LogP contribution in [0.5, 0.6) is 0 Å². The molecule has 0 radical (unpaired) electrons. The van der Waals surface area contributed by atoms with E-state index >= 15 is 0 Å². The Kier molecular flexibility index (Phi) is 6.12. The fourth-order valence-corrected chi connectivity index (χ4v) is 2.18. The van der Waals surface area contributed by atoms with Crippen LogP contribution in [0.4, 0.5) is 0 Å². The van der Waals surface area contributed by atoms with Gasteiger partial charge in [-0.05, 0) is 38.1 Å². The van der Waals surface area contributed by atoms with Gasteiger partial charge in [0.05, 0.1) is 18.8 Å². The third-order valence-corrected chi connectivity index (χ3v) is 3.13. The molecule has 6 nitrogen and oxygen atoms in total. The summed E-state index contributed by atoms with van der Waals surface area (Å²) in [5.74, 6) is -0.765. The van der Waals surface area contributed by atoms with Crippen molar-refractivity contribution in [2.75, 3.05) is 13.2 Å². The van der Waals surface area contributed by atoms with Crippen molar-refractivity contribution in [2.24, 2.45) is 0 Å². The van der Waals surface area contributed by atoms with Crippen LogP contribution in [-0.2, 0) is 15.2 Å². The van der Waals surface area contributed by atoms with Gasteiger partial charge in [0, 0.05) is 11.4 Å². The predicted octanol–water partition coefficient (Wildman–Crippen LogP) is 2.39. The first-order valence-electron chi connectivity index (χ1n) is 6.13. The SMILES string of the molecule is CCOC(=O)c1[nH]c(CSC#N)c(C(=O)OCC)c1C. The molecular formula is C13H16N2O4S. The molecule has 0 bridgehead atoms. The lowest BCUT2D eigenvalue weighted by Crippen LogP contribution is -2.09. The van der Waals surface area contributed by atoms with Crippen molar-refractivity contribution >= 4 is 23.7 Å². The van der Waals surface area contributed by atoms with E-state index in [-0.39, 0.29) is 24.7 Å². The van der Waals surface area contributed by atoms with Crippen molar-refractivity contribution in [1.82, 2.24) is 4.98 Å². The first-order chi connectivity index (χ1) is 9.56. The lowest BCUT2D eigenvalue weighted by Gasteiger charge is -2.03. The maximum Gasteiger partial charge on any atom is 0.355 e. The molecule has 7 heteroatoms. The molecule has 0 aliphatic rings. The minimum Gasteiger partial charge on any atom is -0.462 e. The summed E-state index contributed by atoms with van der Waals surface area (Å²) in [6.07, 6.45) is 0. The van der Waals surface area contributed by atoms with E-state index in [9.17, 15) is 9.59 Å². The first kappa shape index (κ1) is 16.1. The number of carbonyl (C=O) groups excluding carboxylic acids is 2. The number of aromatic amines is 1. The highest BCUT2D eigenvalue weighted by atomic mass is 32.2. The van der Waals surface area contributed by atoms with Gasteiger partial charge >= 0.3 is 11.9 Å². The molecule has 1 heterocycles. The molecule has 0 atom stereocenters. The Morgan fingerprint density at radius 2 is 1.85 bits per heavy atom. The number of hydrogen-bond donors (Lipinski definition) is 1.